The Kier molecular flexibility index (Phi) is 3.85. The minimum atomic E-state index is 0.247. The Morgan fingerprint density at radius 2 is 2.05 bits per heavy atom. The highest BCUT2D eigenvalue weighted by Gasteiger charge is 2.41. The van der Waals surface area contributed by atoms with Crippen LogP contribution in [0.3, 0.4) is 0 Å². The lowest BCUT2D eigenvalue weighted by Gasteiger charge is -2.32. The number of hydrogen-bond acceptors (Lipinski definition) is 3. The van der Waals surface area contributed by atoms with Crippen LogP contribution >= 0.6 is 0 Å². The third-order valence-electron chi connectivity index (χ3n) is 5.14. The number of aromatic nitrogens is 3. The van der Waals surface area contributed by atoms with Crippen molar-refractivity contribution >= 4 is 0 Å². The molecule has 4 nitrogen and oxygen atoms in total. The first kappa shape index (κ1) is 14.1. The Morgan fingerprint density at radius 1 is 1.30 bits per heavy atom. The van der Waals surface area contributed by atoms with E-state index in [4.69, 9.17) is 0 Å². The molecule has 1 fully saturated rings. The minimum absolute atomic E-state index is 0.247. The van der Waals surface area contributed by atoms with Crippen LogP contribution in [0.4, 0.5) is 0 Å². The first-order valence-corrected chi connectivity index (χ1v) is 8.18. The lowest BCUT2D eigenvalue weighted by atomic mass is 9.77. The van der Waals surface area contributed by atoms with E-state index in [1.54, 1.807) is 0 Å². The zero-order valence-electron chi connectivity index (χ0n) is 12.8. The molecule has 0 bridgehead atoms. The molecular weight excluding hydrogens is 250 g/mol. The van der Waals surface area contributed by atoms with Crippen molar-refractivity contribution in [1.82, 2.24) is 14.8 Å². The van der Waals surface area contributed by atoms with Gasteiger partial charge in [0, 0.05) is 30.9 Å². The predicted octanol–water partition coefficient (Wildman–Crippen LogP) is 2.69. The molecule has 0 amide bonds. The molecular formula is C16H27N3O. The Labute approximate surface area is 121 Å². The normalized spacial score (nSPS) is 25.1. The Hall–Kier alpha value is -0.900. The highest BCUT2D eigenvalue weighted by molar-refractivity contribution is 5.15. The third-order valence-corrected chi connectivity index (χ3v) is 5.14. The van der Waals surface area contributed by atoms with Gasteiger partial charge in [-0.15, -0.1) is 10.2 Å². The van der Waals surface area contributed by atoms with Crippen LogP contribution in [-0.4, -0.2) is 26.5 Å². The SMILES string of the molecule is CC(C)CC1(c2nnc3n2CC(CO)CC3)CCCC1. The van der Waals surface area contributed by atoms with Gasteiger partial charge >= 0.3 is 0 Å². The molecule has 2 aliphatic rings. The molecule has 20 heavy (non-hydrogen) atoms. The molecule has 0 saturated heterocycles. The van der Waals surface area contributed by atoms with E-state index in [1.807, 2.05) is 0 Å². The fourth-order valence-electron chi connectivity index (χ4n) is 4.29. The van der Waals surface area contributed by atoms with Crippen molar-refractivity contribution in [2.45, 2.75) is 70.8 Å². The van der Waals surface area contributed by atoms with Gasteiger partial charge in [-0.05, 0) is 31.6 Å². The lowest BCUT2D eigenvalue weighted by Crippen LogP contribution is -2.32. The summed E-state index contributed by atoms with van der Waals surface area (Å²) in [7, 11) is 0. The molecule has 3 rings (SSSR count). The summed E-state index contributed by atoms with van der Waals surface area (Å²) in [6.07, 6.45) is 8.38. The Bertz CT molecular complexity index is 460. The predicted molar refractivity (Wildman–Crippen MR) is 78.5 cm³/mol. The van der Waals surface area contributed by atoms with Crippen molar-refractivity contribution in [2.24, 2.45) is 11.8 Å². The quantitative estimate of drug-likeness (QED) is 0.920. The van der Waals surface area contributed by atoms with E-state index < -0.39 is 0 Å². The van der Waals surface area contributed by atoms with Crippen LogP contribution in [0.15, 0.2) is 0 Å². The molecule has 1 saturated carbocycles. The summed E-state index contributed by atoms with van der Waals surface area (Å²) in [4.78, 5) is 0. The molecule has 1 N–H and O–H groups in total. The second kappa shape index (κ2) is 5.47. The second-order valence-corrected chi connectivity index (χ2v) is 7.22. The maximum absolute atomic E-state index is 9.47. The van der Waals surface area contributed by atoms with Gasteiger partial charge in [0.2, 0.25) is 0 Å². The zero-order valence-corrected chi connectivity index (χ0v) is 12.8. The first-order chi connectivity index (χ1) is 9.64. The van der Waals surface area contributed by atoms with E-state index in [9.17, 15) is 5.11 Å². The highest BCUT2D eigenvalue weighted by Crippen LogP contribution is 2.45. The van der Waals surface area contributed by atoms with Gasteiger partial charge in [-0.1, -0.05) is 26.7 Å². The molecule has 112 valence electrons. The van der Waals surface area contributed by atoms with Gasteiger partial charge in [0.15, 0.2) is 0 Å². The van der Waals surface area contributed by atoms with Crippen molar-refractivity contribution < 1.29 is 5.11 Å². The maximum atomic E-state index is 9.47. The largest absolute Gasteiger partial charge is 0.396 e. The van der Waals surface area contributed by atoms with Crippen LogP contribution in [0.5, 0.6) is 0 Å². The number of aryl methyl sites for hydroxylation is 1. The van der Waals surface area contributed by atoms with Crippen LogP contribution < -0.4 is 0 Å². The summed E-state index contributed by atoms with van der Waals surface area (Å²) < 4.78 is 2.35. The van der Waals surface area contributed by atoms with Gasteiger partial charge < -0.3 is 9.67 Å². The summed E-state index contributed by atoms with van der Waals surface area (Å²) in [5.74, 6) is 3.43. The molecule has 4 heteroatoms. The van der Waals surface area contributed by atoms with E-state index in [0.29, 0.717) is 11.8 Å². The van der Waals surface area contributed by atoms with E-state index >= 15 is 0 Å². The van der Waals surface area contributed by atoms with Gasteiger partial charge in [0.1, 0.15) is 11.6 Å². The number of fused-ring (bicyclic) bond motifs is 1. The highest BCUT2D eigenvalue weighted by atomic mass is 16.3. The van der Waals surface area contributed by atoms with E-state index in [0.717, 1.165) is 25.2 Å². The summed E-state index contributed by atoms with van der Waals surface area (Å²) in [6, 6.07) is 0. The molecule has 2 heterocycles. The molecule has 1 aromatic rings. The summed E-state index contributed by atoms with van der Waals surface area (Å²) in [5.41, 5.74) is 0.247. The molecule has 1 unspecified atom stereocenters. The fraction of sp³-hybridized carbons (Fsp3) is 0.875. The molecule has 1 aromatic heterocycles. The number of rotatable bonds is 4. The number of aliphatic hydroxyl groups excluding tert-OH is 1. The summed E-state index contributed by atoms with van der Waals surface area (Å²) >= 11 is 0. The molecule has 1 aliphatic heterocycles. The Balaban J connectivity index is 1.94. The third kappa shape index (κ3) is 2.39. The van der Waals surface area contributed by atoms with Crippen LogP contribution in [0.2, 0.25) is 0 Å². The standard InChI is InChI=1S/C16H27N3O/c1-12(2)9-16(7-3-4-8-16)15-18-17-14-6-5-13(11-20)10-19(14)15/h12-13,20H,3-11H2,1-2H3. The number of nitrogens with zero attached hydrogens (tertiary/aromatic N) is 3. The van der Waals surface area contributed by atoms with Crippen LogP contribution in [0.25, 0.3) is 0 Å². The molecule has 0 radical (unpaired) electrons. The molecule has 1 atom stereocenters. The summed E-state index contributed by atoms with van der Waals surface area (Å²) in [6.45, 7) is 5.82. The van der Waals surface area contributed by atoms with Crippen LogP contribution in [-0.2, 0) is 18.4 Å². The zero-order chi connectivity index (χ0) is 14.2. The van der Waals surface area contributed by atoms with Crippen LogP contribution in [0, 0.1) is 11.8 Å². The van der Waals surface area contributed by atoms with Crippen molar-refractivity contribution in [2.75, 3.05) is 6.61 Å². The van der Waals surface area contributed by atoms with E-state index in [-0.39, 0.29) is 12.0 Å². The number of hydrogen-bond donors (Lipinski definition) is 1. The van der Waals surface area contributed by atoms with E-state index in [1.165, 1.54) is 37.9 Å². The van der Waals surface area contributed by atoms with Crippen molar-refractivity contribution in [3.05, 3.63) is 11.6 Å². The van der Waals surface area contributed by atoms with Gasteiger partial charge in [0.05, 0.1) is 0 Å². The fourth-order valence-corrected chi connectivity index (χ4v) is 4.29. The van der Waals surface area contributed by atoms with Gasteiger partial charge in [0.25, 0.3) is 0 Å². The molecule has 0 spiro atoms. The topological polar surface area (TPSA) is 50.9 Å². The van der Waals surface area contributed by atoms with E-state index in [2.05, 4.69) is 28.6 Å². The number of aliphatic hydroxyl groups is 1. The smallest absolute Gasteiger partial charge is 0.139 e. The van der Waals surface area contributed by atoms with Crippen molar-refractivity contribution in [3.63, 3.8) is 0 Å². The minimum Gasteiger partial charge on any atom is -0.396 e. The lowest BCUT2D eigenvalue weighted by molar-refractivity contribution is 0.185. The first-order valence-electron chi connectivity index (χ1n) is 8.18. The van der Waals surface area contributed by atoms with Crippen LogP contribution in [0.1, 0.15) is 64.0 Å². The Morgan fingerprint density at radius 3 is 2.70 bits per heavy atom. The average Bonchev–Trinajstić information content (AvgIpc) is 3.04. The van der Waals surface area contributed by atoms with Gasteiger partial charge in [-0.2, -0.15) is 0 Å². The second-order valence-electron chi connectivity index (χ2n) is 7.22. The molecule has 0 aromatic carbocycles. The maximum Gasteiger partial charge on any atom is 0.139 e. The van der Waals surface area contributed by atoms with Gasteiger partial charge in [-0.25, -0.2) is 0 Å². The summed E-state index contributed by atoms with van der Waals surface area (Å²) in [5, 5.41) is 18.5. The average molecular weight is 277 g/mol. The monoisotopic (exact) mass is 277 g/mol. The van der Waals surface area contributed by atoms with Crippen molar-refractivity contribution in [1.29, 1.82) is 0 Å². The molecule has 1 aliphatic carbocycles. The van der Waals surface area contributed by atoms with Crippen molar-refractivity contribution in [3.8, 4) is 0 Å². The van der Waals surface area contributed by atoms with Gasteiger partial charge in [-0.3, -0.25) is 0 Å².